The first-order valence-corrected chi connectivity index (χ1v) is 9.84. The number of hydrogen-bond acceptors (Lipinski definition) is 5. The van der Waals surface area contributed by atoms with Gasteiger partial charge >= 0.3 is 5.97 Å². The van der Waals surface area contributed by atoms with Crippen molar-refractivity contribution in [2.24, 2.45) is 0 Å². The average molecular weight is 414 g/mol. The molecule has 0 radical (unpaired) electrons. The van der Waals surface area contributed by atoms with Gasteiger partial charge in [-0.05, 0) is 40.1 Å². The number of anilines is 1. The van der Waals surface area contributed by atoms with Crippen LogP contribution in [0.5, 0.6) is 0 Å². The summed E-state index contributed by atoms with van der Waals surface area (Å²) >= 11 is 0. The van der Waals surface area contributed by atoms with Gasteiger partial charge in [-0.15, -0.1) is 0 Å². The first-order chi connectivity index (χ1) is 15.2. The number of amides is 1. The molecular weight excluding hydrogens is 392 g/mol. The number of nitrogens with one attached hydrogen (secondary N) is 3. The molecule has 7 nitrogen and oxygen atoms in total. The third-order valence-electron chi connectivity index (χ3n) is 5.00. The topological polar surface area (TPSA) is 96.1 Å². The highest BCUT2D eigenvalue weighted by Gasteiger charge is 2.16. The van der Waals surface area contributed by atoms with Gasteiger partial charge in [-0.25, -0.2) is 4.98 Å². The van der Waals surface area contributed by atoms with Crippen LogP contribution < -0.4 is 10.6 Å². The molecule has 7 heteroatoms. The minimum absolute atomic E-state index is 0.190. The van der Waals surface area contributed by atoms with Crippen molar-refractivity contribution in [3.05, 3.63) is 84.4 Å². The summed E-state index contributed by atoms with van der Waals surface area (Å²) in [6, 6.07) is 19.6. The number of carbonyl (C=O) groups is 2. The number of methoxy groups -OCH3 is 1. The third-order valence-corrected chi connectivity index (χ3v) is 5.00. The average Bonchev–Trinajstić information content (AvgIpc) is 3.34. The van der Waals surface area contributed by atoms with Crippen LogP contribution in [0.25, 0.3) is 21.9 Å². The molecule has 0 bridgehead atoms. The fraction of sp³-hybridized carbons (Fsp3) is 0.125. The van der Waals surface area contributed by atoms with Gasteiger partial charge in [-0.3, -0.25) is 9.59 Å². The highest BCUT2D eigenvalue weighted by atomic mass is 16.5. The Balaban J connectivity index is 1.73. The van der Waals surface area contributed by atoms with E-state index in [1.165, 1.54) is 7.11 Å². The molecule has 4 aromatic rings. The molecule has 0 fully saturated rings. The molecule has 1 heterocycles. The predicted octanol–water partition coefficient (Wildman–Crippen LogP) is 3.74. The highest BCUT2D eigenvalue weighted by molar-refractivity contribution is 6.07. The first kappa shape index (κ1) is 20.2. The van der Waals surface area contributed by atoms with Crippen LogP contribution in [-0.4, -0.2) is 35.5 Å². The smallest absolute Gasteiger partial charge is 0.325 e. The van der Waals surface area contributed by atoms with E-state index in [-0.39, 0.29) is 12.5 Å². The Morgan fingerprint density at radius 1 is 1.03 bits per heavy atom. The van der Waals surface area contributed by atoms with Gasteiger partial charge in [0.2, 0.25) is 0 Å². The van der Waals surface area contributed by atoms with Crippen LogP contribution in [0.4, 0.5) is 5.69 Å². The van der Waals surface area contributed by atoms with Crippen LogP contribution in [-0.2, 0) is 16.1 Å². The van der Waals surface area contributed by atoms with Gasteiger partial charge in [-0.2, -0.15) is 0 Å². The Hall–Kier alpha value is -4.13. The molecule has 0 aliphatic heterocycles. The lowest BCUT2D eigenvalue weighted by Gasteiger charge is -2.15. The molecule has 0 aliphatic rings. The minimum Gasteiger partial charge on any atom is -0.468 e. The highest BCUT2D eigenvalue weighted by Crippen LogP contribution is 2.33. The largest absolute Gasteiger partial charge is 0.468 e. The molecule has 31 heavy (non-hydrogen) atoms. The Bertz CT molecular complexity index is 1210. The van der Waals surface area contributed by atoms with Crippen LogP contribution >= 0.6 is 0 Å². The van der Waals surface area contributed by atoms with E-state index < -0.39 is 5.97 Å². The van der Waals surface area contributed by atoms with Crippen LogP contribution in [0.15, 0.2) is 73.2 Å². The number of carbonyl (C=O) groups excluding carboxylic acids is 2. The maximum Gasteiger partial charge on any atom is 0.325 e. The predicted molar refractivity (Wildman–Crippen MR) is 120 cm³/mol. The number of nitrogens with zero attached hydrogens (tertiary/aromatic N) is 1. The van der Waals surface area contributed by atoms with E-state index in [1.807, 2.05) is 54.6 Å². The molecule has 0 atom stereocenters. The molecule has 3 aromatic carbocycles. The van der Waals surface area contributed by atoms with Crippen molar-refractivity contribution in [1.29, 1.82) is 0 Å². The normalized spacial score (nSPS) is 10.6. The number of H-pyrrole nitrogens is 1. The summed E-state index contributed by atoms with van der Waals surface area (Å²) < 4.78 is 4.62. The van der Waals surface area contributed by atoms with Gasteiger partial charge in [0, 0.05) is 17.4 Å². The molecule has 1 aromatic heterocycles. The van der Waals surface area contributed by atoms with E-state index >= 15 is 0 Å². The molecule has 0 unspecified atom stereocenters. The van der Waals surface area contributed by atoms with Crippen LogP contribution in [0.1, 0.15) is 16.1 Å². The van der Waals surface area contributed by atoms with Gasteiger partial charge < -0.3 is 20.4 Å². The molecule has 156 valence electrons. The summed E-state index contributed by atoms with van der Waals surface area (Å²) in [5.41, 5.74) is 4.00. The van der Waals surface area contributed by atoms with Crippen LogP contribution in [0.3, 0.4) is 0 Å². The molecule has 0 saturated heterocycles. The summed E-state index contributed by atoms with van der Waals surface area (Å²) in [5, 5.41) is 8.11. The Labute approximate surface area is 179 Å². The van der Waals surface area contributed by atoms with E-state index in [1.54, 1.807) is 18.6 Å². The van der Waals surface area contributed by atoms with Gasteiger partial charge in [0.1, 0.15) is 6.54 Å². The molecule has 0 spiro atoms. The first-order valence-electron chi connectivity index (χ1n) is 9.84. The lowest BCUT2D eigenvalue weighted by Crippen LogP contribution is -2.30. The fourth-order valence-corrected chi connectivity index (χ4v) is 3.43. The van der Waals surface area contributed by atoms with Crippen molar-refractivity contribution in [3.8, 4) is 11.1 Å². The van der Waals surface area contributed by atoms with Crippen molar-refractivity contribution in [1.82, 2.24) is 15.3 Å². The zero-order valence-corrected chi connectivity index (χ0v) is 17.0. The Morgan fingerprint density at radius 2 is 1.87 bits per heavy atom. The van der Waals surface area contributed by atoms with E-state index in [0.29, 0.717) is 12.1 Å². The van der Waals surface area contributed by atoms with E-state index in [2.05, 4.69) is 25.3 Å². The summed E-state index contributed by atoms with van der Waals surface area (Å²) in [6.07, 6.45) is 3.39. The zero-order valence-electron chi connectivity index (χ0n) is 17.0. The van der Waals surface area contributed by atoms with E-state index in [9.17, 15) is 9.59 Å². The maximum absolute atomic E-state index is 12.9. The lowest BCUT2D eigenvalue weighted by molar-refractivity contribution is -0.139. The summed E-state index contributed by atoms with van der Waals surface area (Å²) in [7, 11) is 1.29. The van der Waals surface area contributed by atoms with Crippen molar-refractivity contribution in [2.75, 3.05) is 19.0 Å². The number of benzene rings is 3. The van der Waals surface area contributed by atoms with Crippen molar-refractivity contribution < 1.29 is 14.3 Å². The number of aromatic amines is 1. The molecule has 0 saturated carbocycles. The molecule has 1 amide bonds. The second kappa shape index (κ2) is 9.13. The Kier molecular flexibility index (Phi) is 5.93. The number of hydrogen-bond donors (Lipinski definition) is 3. The van der Waals surface area contributed by atoms with Crippen molar-refractivity contribution in [2.45, 2.75) is 6.54 Å². The quantitative estimate of drug-likeness (QED) is 0.400. The second-order valence-corrected chi connectivity index (χ2v) is 6.98. The second-order valence-electron chi connectivity index (χ2n) is 6.98. The lowest BCUT2D eigenvalue weighted by atomic mass is 9.93. The maximum atomic E-state index is 12.9. The number of rotatable bonds is 7. The Morgan fingerprint density at radius 3 is 2.68 bits per heavy atom. The molecule has 4 rings (SSSR count). The number of fused-ring (bicyclic) bond motifs is 1. The van der Waals surface area contributed by atoms with Crippen LogP contribution in [0.2, 0.25) is 0 Å². The van der Waals surface area contributed by atoms with Crippen molar-refractivity contribution in [3.63, 3.8) is 0 Å². The van der Waals surface area contributed by atoms with Gasteiger partial charge in [0.05, 0.1) is 25.7 Å². The summed E-state index contributed by atoms with van der Waals surface area (Å²) in [5.74, 6) is -0.841. The minimum atomic E-state index is -0.502. The fourth-order valence-electron chi connectivity index (χ4n) is 3.43. The van der Waals surface area contributed by atoms with Gasteiger partial charge in [0.25, 0.3) is 5.91 Å². The number of aromatic nitrogens is 2. The third kappa shape index (κ3) is 4.56. The van der Waals surface area contributed by atoms with Gasteiger partial charge in [-0.1, -0.05) is 42.5 Å². The molecule has 0 aliphatic carbocycles. The zero-order chi connectivity index (χ0) is 21.6. The number of esters is 1. The summed E-state index contributed by atoms with van der Waals surface area (Å²) in [4.78, 5) is 31.5. The van der Waals surface area contributed by atoms with Crippen molar-refractivity contribution >= 4 is 28.3 Å². The van der Waals surface area contributed by atoms with E-state index in [4.69, 9.17) is 0 Å². The van der Waals surface area contributed by atoms with E-state index in [0.717, 1.165) is 33.3 Å². The molecular formula is C24H22N4O3. The number of imidazole rings is 1. The molecule has 3 N–H and O–H groups in total. The standard InChI is InChI=1S/C24H22N4O3/c1-31-23(29)14-27-24(30)21-10-9-17(26-13-18-12-25-15-28-18)11-22(21)20-8-4-6-16-5-2-3-7-19(16)20/h2-12,15,26H,13-14H2,1H3,(H,25,28)(H,27,30). The number of ether oxygens (including phenoxy) is 1. The summed E-state index contributed by atoms with van der Waals surface area (Å²) in [6.45, 7) is 0.382. The van der Waals surface area contributed by atoms with Gasteiger partial charge in [0.15, 0.2) is 0 Å². The monoisotopic (exact) mass is 414 g/mol. The SMILES string of the molecule is COC(=O)CNC(=O)c1ccc(NCc2cnc[nH]2)cc1-c1cccc2ccccc12. The van der Waals surface area contributed by atoms with Crippen LogP contribution in [0, 0.1) is 0 Å².